The van der Waals surface area contributed by atoms with Crippen LogP contribution in [0.4, 0.5) is 5.69 Å². The molecule has 1 fully saturated rings. The third-order valence-electron chi connectivity index (χ3n) is 4.48. The Bertz CT molecular complexity index is 641. The molecule has 1 N–H and O–H groups in total. The van der Waals surface area contributed by atoms with Crippen LogP contribution in [0.25, 0.3) is 0 Å². The number of carbonyl (C=O) groups excluding carboxylic acids is 2. The number of rotatable bonds is 6. The number of amides is 1. The largest absolute Gasteiger partial charge is 0.379 e. The van der Waals surface area contributed by atoms with Gasteiger partial charge in [-0.05, 0) is 19.1 Å². The van der Waals surface area contributed by atoms with Gasteiger partial charge < -0.3 is 10.1 Å². The van der Waals surface area contributed by atoms with Gasteiger partial charge in [0.2, 0.25) is 0 Å². The fourth-order valence-corrected chi connectivity index (χ4v) is 3.04. The number of Topliss-reactive ketones (excluding diaryl/α,β-unsaturated/α-hetero) is 1. The van der Waals surface area contributed by atoms with Crippen LogP contribution in [0.3, 0.4) is 0 Å². The Kier molecular flexibility index (Phi) is 5.78. The summed E-state index contributed by atoms with van der Waals surface area (Å²) in [7, 11) is 0. The van der Waals surface area contributed by atoms with E-state index < -0.39 is 6.04 Å². The molecule has 0 bridgehead atoms. The topological polar surface area (TPSA) is 74.2 Å². The van der Waals surface area contributed by atoms with Crippen molar-refractivity contribution < 1.29 is 14.3 Å². The molecule has 0 aliphatic carbocycles. The average molecular weight is 344 g/mol. The number of hydrazone groups is 1. The maximum Gasteiger partial charge on any atom is 0.267 e. The van der Waals surface area contributed by atoms with E-state index in [1.807, 2.05) is 30.3 Å². The highest BCUT2D eigenvalue weighted by Gasteiger charge is 2.34. The second kappa shape index (κ2) is 8.22. The second-order valence-electron chi connectivity index (χ2n) is 6.27. The Morgan fingerprint density at radius 3 is 2.64 bits per heavy atom. The van der Waals surface area contributed by atoms with Crippen molar-refractivity contribution in [2.75, 3.05) is 44.4 Å². The fraction of sp³-hybridized carbons (Fsp3) is 0.500. The van der Waals surface area contributed by atoms with Crippen molar-refractivity contribution in [1.82, 2.24) is 10.2 Å². The molecule has 7 nitrogen and oxygen atoms in total. The van der Waals surface area contributed by atoms with Gasteiger partial charge in [-0.15, -0.1) is 0 Å². The van der Waals surface area contributed by atoms with Gasteiger partial charge in [-0.2, -0.15) is 5.10 Å². The van der Waals surface area contributed by atoms with Crippen LogP contribution < -0.4 is 10.3 Å². The first-order chi connectivity index (χ1) is 12.1. The Labute approximate surface area is 147 Å². The van der Waals surface area contributed by atoms with Crippen molar-refractivity contribution in [2.45, 2.75) is 19.4 Å². The molecule has 1 saturated heterocycles. The van der Waals surface area contributed by atoms with Gasteiger partial charge in [-0.3, -0.25) is 19.5 Å². The Morgan fingerprint density at radius 2 is 1.96 bits per heavy atom. The summed E-state index contributed by atoms with van der Waals surface area (Å²) >= 11 is 0. The van der Waals surface area contributed by atoms with E-state index >= 15 is 0 Å². The van der Waals surface area contributed by atoms with Gasteiger partial charge in [0.1, 0.15) is 11.8 Å². The highest BCUT2D eigenvalue weighted by Crippen LogP contribution is 2.24. The second-order valence-corrected chi connectivity index (χ2v) is 6.27. The predicted molar refractivity (Wildman–Crippen MR) is 95.7 cm³/mol. The highest BCUT2D eigenvalue weighted by atomic mass is 16.5. The lowest BCUT2D eigenvalue weighted by Gasteiger charge is -2.26. The molecule has 0 saturated carbocycles. The van der Waals surface area contributed by atoms with Crippen LogP contribution in [0.5, 0.6) is 0 Å². The van der Waals surface area contributed by atoms with Gasteiger partial charge in [-0.25, -0.2) is 0 Å². The van der Waals surface area contributed by atoms with E-state index in [4.69, 9.17) is 4.74 Å². The fourth-order valence-electron chi connectivity index (χ4n) is 3.04. The van der Waals surface area contributed by atoms with E-state index in [1.54, 1.807) is 5.01 Å². The number of para-hydroxylation sites is 1. The van der Waals surface area contributed by atoms with E-state index in [1.165, 1.54) is 6.92 Å². The number of morpholine rings is 1. The summed E-state index contributed by atoms with van der Waals surface area (Å²) in [6.45, 7) is 6.17. The van der Waals surface area contributed by atoms with Crippen molar-refractivity contribution >= 4 is 23.1 Å². The molecule has 0 spiro atoms. The summed E-state index contributed by atoms with van der Waals surface area (Å²) in [5.41, 5.74) is 1.23. The van der Waals surface area contributed by atoms with Crippen molar-refractivity contribution in [2.24, 2.45) is 5.10 Å². The van der Waals surface area contributed by atoms with Crippen LogP contribution in [0.2, 0.25) is 0 Å². The molecule has 1 aromatic carbocycles. The summed E-state index contributed by atoms with van der Waals surface area (Å²) in [6.07, 6.45) is 0.341. The van der Waals surface area contributed by atoms with Crippen molar-refractivity contribution in [3.8, 4) is 0 Å². The predicted octanol–water partition coefficient (Wildman–Crippen LogP) is 0.659. The number of carbonyl (C=O) groups is 2. The molecule has 3 rings (SSSR count). The van der Waals surface area contributed by atoms with Crippen LogP contribution >= 0.6 is 0 Å². The molecular formula is C18H24N4O3. The molecule has 7 heteroatoms. The molecule has 0 unspecified atom stereocenters. The minimum atomic E-state index is -0.414. The molecule has 1 atom stereocenters. The van der Waals surface area contributed by atoms with Gasteiger partial charge in [0, 0.05) is 32.6 Å². The summed E-state index contributed by atoms with van der Waals surface area (Å²) in [5, 5.41) is 8.98. The maximum absolute atomic E-state index is 12.4. The Balaban J connectivity index is 1.59. The van der Waals surface area contributed by atoms with Crippen LogP contribution in [-0.2, 0) is 14.3 Å². The lowest BCUT2D eigenvalue weighted by Crippen LogP contribution is -2.42. The monoisotopic (exact) mass is 344 g/mol. The van der Waals surface area contributed by atoms with Crippen LogP contribution in [-0.4, -0.2) is 67.7 Å². The zero-order valence-corrected chi connectivity index (χ0v) is 14.5. The summed E-state index contributed by atoms with van der Waals surface area (Å²) in [6, 6.07) is 9.05. The molecule has 0 aromatic heterocycles. The van der Waals surface area contributed by atoms with E-state index in [0.29, 0.717) is 18.7 Å². The molecule has 0 radical (unpaired) electrons. The molecule has 25 heavy (non-hydrogen) atoms. The number of ketones is 1. The quantitative estimate of drug-likeness (QED) is 0.821. The molecule has 134 valence electrons. The van der Waals surface area contributed by atoms with E-state index in [0.717, 1.165) is 38.5 Å². The van der Waals surface area contributed by atoms with Gasteiger partial charge in [0.05, 0.1) is 18.9 Å². The summed E-state index contributed by atoms with van der Waals surface area (Å²) < 4.78 is 5.31. The van der Waals surface area contributed by atoms with Crippen molar-refractivity contribution in [3.05, 3.63) is 30.3 Å². The normalized spacial score (nSPS) is 21.1. The molecule has 2 aliphatic rings. The number of hydrogen-bond acceptors (Lipinski definition) is 6. The van der Waals surface area contributed by atoms with Gasteiger partial charge in [0.15, 0.2) is 5.78 Å². The van der Waals surface area contributed by atoms with Crippen LogP contribution in [0, 0.1) is 0 Å². The Hall–Kier alpha value is -2.25. The minimum Gasteiger partial charge on any atom is -0.379 e. The first-order valence-electron chi connectivity index (χ1n) is 8.65. The van der Waals surface area contributed by atoms with Crippen molar-refractivity contribution in [3.63, 3.8) is 0 Å². The zero-order chi connectivity index (χ0) is 17.6. The number of anilines is 1. The first kappa shape index (κ1) is 17.6. The highest BCUT2D eigenvalue weighted by molar-refractivity contribution is 6.40. The lowest BCUT2D eigenvalue weighted by atomic mass is 10.1. The molecule has 1 amide bonds. The van der Waals surface area contributed by atoms with E-state index in [9.17, 15) is 9.59 Å². The smallest absolute Gasteiger partial charge is 0.267 e. The molecule has 2 aliphatic heterocycles. The summed E-state index contributed by atoms with van der Waals surface area (Å²) in [5.74, 6) is -0.193. The number of hydrogen-bond donors (Lipinski definition) is 1. The van der Waals surface area contributed by atoms with Gasteiger partial charge in [0.25, 0.3) is 5.91 Å². The van der Waals surface area contributed by atoms with Crippen LogP contribution in [0.1, 0.15) is 13.3 Å². The van der Waals surface area contributed by atoms with Gasteiger partial charge in [-0.1, -0.05) is 18.2 Å². The van der Waals surface area contributed by atoms with E-state index in [2.05, 4.69) is 15.3 Å². The Morgan fingerprint density at radius 1 is 1.24 bits per heavy atom. The number of nitrogens with zero attached hydrogens (tertiary/aromatic N) is 3. The number of benzene rings is 1. The molecular weight excluding hydrogens is 320 g/mol. The summed E-state index contributed by atoms with van der Waals surface area (Å²) in [4.78, 5) is 26.6. The van der Waals surface area contributed by atoms with Gasteiger partial charge >= 0.3 is 0 Å². The molecule has 1 aromatic rings. The lowest BCUT2D eigenvalue weighted by molar-refractivity contribution is -0.118. The third kappa shape index (κ3) is 4.43. The standard InChI is InChI=1S/C18H24N4O3/c1-14(23)17-13-16(20-22(17)15-5-3-2-4-6-15)18(24)19-7-8-21-9-11-25-12-10-21/h2-6,17H,7-13H2,1H3,(H,19,24)/t17-/m1/s1. The molecule has 2 heterocycles. The number of ether oxygens (including phenoxy) is 1. The number of nitrogens with one attached hydrogen (secondary N) is 1. The minimum absolute atomic E-state index is 0.00344. The third-order valence-corrected chi connectivity index (χ3v) is 4.48. The van der Waals surface area contributed by atoms with Crippen LogP contribution in [0.15, 0.2) is 35.4 Å². The SMILES string of the molecule is CC(=O)[C@H]1CC(C(=O)NCCN2CCOCC2)=NN1c1ccccc1. The van der Waals surface area contributed by atoms with Crippen molar-refractivity contribution in [1.29, 1.82) is 0 Å². The van der Waals surface area contributed by atoms with E-state index in [-0.39, 0.29) is 11.7 Å². The first-order valence-corrected chi connectivity index (χ1v) is 8.65. The average Bonchev–Trinajstić information content (AvgIpc) is 3.09. The zero-order valence-electron chi connectivity index (χ0n) is 14.5. The maximum atomic E-state index is 12.4.